The molecule has 0 saturated heterocycles. The van der Waals surface area contributed by atoms with E-state index in [1.807, 2.05) is 19.9 Å². The summed E-state index contributed by atoms with van der Waals surface area (Å²) in [5.74, 6) is -1.53. The number of hydrogen-bond donors (Lipinski definition) is 3. The van der Waals surface area contributed by atoms with Gasteiger partial charge in [0.1, 0.15) is 6.04 Å². The Morgan fingerprint density at radius 2 is 1.60 bits per heavy atom. The van der Waals surface area contributed by atoms with Gasteiger partial charge in [-0.05, 0) is 31.6 Å². The molecule has 2 amide bonds. The summed E-state index contributed by atoms with van der Waals surface area (Å²) in [4.78, 5) is 34.5. The first-order chi connectivity index (χ1) is 11.9. The molecular weight excluding hydrogens is 320 g/mol. The SMILES string of the molecule is C=CCCCCCCCCC(=O)NCC(=O)N[C@H](CC(C)C)C(=O)O. The van der Waals surface area contributed by atoms with Gasteiger partial charge in [-0.15, -0.1) is 6.58 Å². The smallest absolute Gasteiger partial charge is 0.326 e. The fourth-order valence-electron chi connectivity index (χ4n) is 2.49. The molecule has 0 aliphatic heterocycles. The number of nitrogens with one attached hydrogen (secondary N) is 2. The first-order valence-electron chi connectivity index (χ1n) is 9.26. The molecule has 3 N–H and O–H groups in total. The molecule has 6 heteroatoms. The number of rotatable bonds is 15. The van der Waals surface area contributed by atoms with Gasteiger partial charge in [0.05, 0.1) is 6.54 Å². The van der Waals surface area contributed by atoms with Crippen LogP contribution >= 0.6 is 0 Å². The molecule has 0 radical (unpaired) electrons. The lowest BCUT2D eigenvalue weighted by molar-refractivity contribution is -0.142. The molecule has 0 aliphatic carbocycles. The van der Waals surface area contributed by atoms with E-state index in [0.29, 0.717) is 12.8 Å². The van der Waals surface area contributed by atoms with Crippen molar-refractivity contribution in [2.75, 3.05) is 6.54 Å². The highest BCUT2D eigenvalue weighted by Crippen LogP contribution is 2.08. The van der Waals surface area contributed by atoms with Gasteiger partial charge in [-0.3, -0.25) is 9.59 Å². The molecule has 0 heterocycles. The Morgan fingerprint density at radius 3 is 2.16 bits per heavy atom. The van der Waals surface area contributed by atoms with Gasteiger partial charge in [0.15, 0.2) is 0 Å². The van der Waals surface area contributed by atoms with Crippen molar-refractivity contribution in [2.45, 2.75) is 77.7 Å². The largest absolute Gasteiger partial charge is 0.480 e. The highest BCUT2D eigenvalue weighted by molar-refractivity contribution is 5.87. The highest BCUT2D eigenvalue weighted by atomic mass is 16.4. The first-order valence-corrected chi connectivity index (χ1v) is 9.26. The summed E-state index contributed by atoms with van der Waals surface area (Å²) in [5, 5.41) is 14.1. The molecule has 25 heavy (non-hydrogen) atoms. The van der Waals surface area contributed by atoms with Crippen LogP contribution in [0, 0.1) is 5.92 Å². The zero-order chi connectivity index (χ0) is 19.1. The van der Waals surface area contributed by atoms with Crippen molar-refractivity contribution < 1.29 is 19.5 Å². The van der Waals surface area contributed by atoms with Crippen LogP contribution in [-0.4, -0.2) is 35.5 Å². The predicted octanol–water partition coefficient (Wildman–Crippen LogP) is 3.02. The second-order valence-electron chi connectivity index (χ2n) is 6.81. The normalized spacial score (nSPS) is 11.8. The summed E-state index contributed by atoms with van der Waals surface area (Å²) in [6.07, 6.45) is 10.2. The van der Waals surface area contributed by atoms with E-state index < -0.39 is 17.9 Å². The molecule has 144 valence electrons. The zero-order valence-electron chi connectivity index (χ0n) is 15.7. The van der Waals surface area contributed by atoms with Crippen molar-refractivity contribution in [1.82, 2.24) is 10.6 Å². The molecule has 0 aromatic heterocycles. The summed E-state index contributed by atoms with van der Waals surface area (Å²) in [6, 6.07) is -0.912. The van der Waals surface area contributed by atoms with E-state index in [-0.39, 0.29) is 18.4 Å². The van der Waals surface area contributed by atoms with E-state index in [9.17, 15) is 14.4 Å². The second-order valence-corrected chi connectivity index (χ2v) is 6.81. The third kappa shape index (κ3) is 14.2. The van der Waals surface area contributed by atoms with Crippen LogP contribution < -0.4 is 10.6 Å². The van der Waals surface area contributed by atoms with Crippen LogP contribution in [-0.2, 0) is 14.4 Å². The van der Waals surface area contributed by atoms with Crippen molar-refractivity contribution in [2.24, 2.45) is 5.92 Å². The van der Waals surface area contributed by atoms with E-state index in [1.54, 1.807) is 0 Å². The van der Waals surface area contributed by atoms with Crippen molar-refractivity contribution in [3.8, 4) is 0 Å². The number of carbonyl (C=O) groups is 3. The number of carboxylic acid groups (broad SMARTS) is 1. The van der Waals surface area contributed by atoms with Crippen LogP contribution in [0.4, 0.5) is 0 Å². The number of allylic oxidation sites excluding steroid dienone is 1. The van der Waals surface area contributed by atoms with Crippen molar-refractivity contribution >= 4 is 17.8 Å². The number of amides is 2. The van der Waals surface area contributed by atoms with Crippen LogP contribution in [0.15, 0.2) is 12.7 Å². The molecule has 0 saturated carbocycles. The molecule has 0 aromatic carbocycles. The van der Waals surface area contributed by atoms with Gasteiger partial charge in [-0.1, -0.05) is 45.6 Å². The lowest BCUT2D eigenvalue weighted by Gasteiger charge is -2.16. The fourth-order valence-corrected chi connectivity index (χ4v) is 2.49. The van der Waals surface area contributed by atoms with Crippen molar-refractivity contribution in [3.63, 3.8) is 0 Å². The van der Waals surface area contributed by atoms with Gasteiger partial charge < -0.3 is 15.7 Å². The van der Waals surface area contributed by atoms with Crippen LogP contribution in [0.25, 0.3) is 0 Å². The van der Waals surface area contributed by atoms with Crippen molar-refractivity contribution in [3.05, 3.63) is 12.7 Å². The van der Waals surface area contributed by atoms with E-state index in [1.165, 1.54) is 19.3 Å². The quantitative estimate of drug-likeness (QED) is 0.311. The van der Waals surface area contributed by atoms with Gasteiger partial charge in [0.25, 0.3) is 0 Å². The minimum absolute atomic E-state index is 0.160. The second kappa shape index (κ2) is 14.5. The third-order valence-corrected chi connectivity index (χ3v) is 3.85. The first kappa shape index (κ1) is 23.1. The van der Waals surface area contributed by atoms with Crippen molar-refractivity contribution in [1.29, 1.82) is 0 Å². The lowest BCUT2D eigenvalue weighted by atomic mass is 10.0. The summed E-state index contributed by atoms with van der Waals surface area (Å²) in [5.41, 5.74) is 0. The predicted molar refractivity (Wildman–Crippen MR) is 99.2 cm³/mol. The maximum atomic E-state index is 11.7. The third-order valence-electron chi connectivity index (χ3n) is 3.85. The van der Waals surface area contributed by atoms with Gasteiger partial charge in [0.2, 0.25) is 11.8 Å². The fraction of sp³-hybridized carbons (Fsp3) is 0.737. The van der Waals surface area contributed by atoms with E-state index in [4.69, 9.17) is 5.11 Å². The van der Waals surface area contributed by atoms with E-state index in [2.05, 4.69) is 17.2 Å². The Bertz CT molecular complexity index is 422. The molecular formula is C19H34N2O4. The van der Waals surface area contributed by atoms with E-state index in [0.717, 1.165) is 25.7 Å². The summed E-state index contributed by atoms with van der Waals surface area (Å²) < 4.78 is 0. The van der Waals surface area contributed by atoms with E-state index >= 15 is 0 Å². The molecule has 0 aliphatic rings. The topological polar surface area (TPSA) is 95.5 Å². The van der Waals surface area contributed by atoms with Gasteiger partial charge >= 0.3 is 5.97 Å². The summed E-state index contributed by atoms with van der Waals surface area (Å²) in [6.45, 7) is 7.30. The Hall–Kier alpha value is -1.85. The number of carbonyl (C=O) groups excluding carboxylic acids is 2. The van der Waals surface area contributed by atoms with Gasteiger partial charge in [0, 0.05) is 6.42 Å². The average Bonchev–Trinajstić information content (AvgIpc) is 2.54. The summed E-state index contributed by atoms with van der Waals surface area (Å²) in [7, 11) is 0. The summed E-state index contributed by atoms with van der Waals surface area (Å²) >= 11 is 0. The maximum Gasteiger partial charge on any atom is 0.326 e. The minimum Gasteiger partial charge on any atom is -0.480 e. The number of aliphatic carboxylic acids is 1. The zero-order valence-corrected chi connectivity index (χ0v) is 15.7. The maximum absolute atomic E-state index is 11.7. The number of hydrogen-bond acceptors (Lipinski definition) is 3. The molecule has 6 nitrogen and oxygen atoms in total. The molecule has 0 spiro atoms. The Labute approximate surface area is 151 Å². The molecule has 0 rings (SSSR count). The molecule has 0 aromatic rings. The van der Waals surface area contributed by atoms with Gasteiger partial charge in [-0.2, -0.15) is 0 Å². The molecule has 1 atom stereocenters. The Kier molecular flexibility index (Phi) is 13.4. The highest BCUT2D eigenvalue weighted by Gasteiger charge is 2.21. The van der Waals surface area contributed by atoms with Crippen LogP contribution in [0.3, 0.4) is 0 Å². The molecule has 0 fully saturated rings. The Morgan fingerprint density at radius 1 is 1.00 bits per heavy atom. The molecule has 0 bridgehead atoms. The van der Waals surface area contributed by atoms with Crippen LogP contribution in [0.5, 0.6) is 0 Å². The lowest BCUT2D eigenvalue weighted by Crippen LogP contribution is -2.46. The number of carboxylic acids is 1. The average molecular weight is 354 g/mol. The molecule has 0 unspecified atom stereocenters. The number of unbranched alkanes of at least 4 members (excludes halogenated alkanes) is 6. The minimum atomic E-state index is -1.05. The van der Waals surface area contributed by atoms with Crippen LogP contribution in [0.2, 0.25) is 0 Å². The Balaban J connectivity index is 3.77. The monoisotopic (exact) mass is 354 g/mol. The van der Waals surface area contributed by atoms with Gasteiger partial charge in [-0.25, -0.2) is 4.79 Å². The van der Waals surface area contributed by atoms with Crippen LogP contribution in [0.1, 0.15) is 71.6 Å². The standard InChI is InChI=1S/C19H34N2O4/c1-4-5-6-7-8-9-10-11-12-17(22)20-14-18(23)21-16(19(24)25)13-15(2)3/h4,15-16H,1,5-14H2,2-3H3,(H,20,22)(H,21,23)(H,24,25)/t16-/m1/s1.